The van der Waals surface area contributed by atoms with Gasteiger partial charge in [-0.3, -0.25) is 9.59 Å². The maximum atomic E-state index is 14.2. The van der Waals surface area contributed by atoms with Gasteiger partial charge < -0.3 is 24.3 Å². The minimum absolute atomic E-state index is 0.104. The number of rotatable bonds is 5. The van der Waals surface area contributed by atoms with Crippen molar-refractivity contribution >= 4 is 5.91 Å². The topological polar surface area (TPSA) is 101 Å². The molecule has 1 amide bonds. The van der Waals surface area contributed by atoms with Gasteiger partial charge in [0.05, 0.1) is 12.1 Å². The zero-order valence-corrected chi connectivity index (χ0v) is 24.8. The molecule has 1 fully saturated rings. The van der Waals surface area contributed by atoms with Crippen LogP contribution in [0.2, 0.25) is 0 Å². The lowest BCUT2D eigenvalue weighted by Crippen LogP contribution is -2.46. The molecule has 0 saturated heterocycles. The van der Waals surface area contributed by atoms with Gasteiger partial charge in [0.15, 0.2) is 11.5 Å². The van der Waals surface area contributed by atoms with Crippen molar-refractivity contribution in [1.82, 2.24) is 24.8 Å². The lowest BCUT2D eigenvalue weighted by molar-refractivity contribution is -0.123. The van der Waals surface area contributed by atoms with E-state index in [2.05, 4.69) is 33.9 Å². The van der Waals surface area contributed by atoms with Crippen molar-refractivity contribution in [2.45, 2.75) is 78.2 Å². The Morgan fingerprint density at radius 3 is 2.37 bits per heavy atom. The van der Waals surface area contributed by atoms with Crippen LogP contribution in [0.4, 0.5) is 0 Å². The minimum Gasteiger partial charge on any atom is -0.448 e. The number of aromatic nitrogens is 3. The van der Waals surface area contributed by atoms with Gasteiger partial charge in [-0.2, -0.15) is 0 Å². The summed E-state index contributed by atoms with van der Waals surface area (Å²) in [6.45, 7) is 8.52. The summed E-state index contributed by atoms with van der Waals surface area (Å²) in [5, 5.41) is 0. The number of fused-ring (bicyclic) bond motifs is 2. The van der Waals surface area contributed by atoms with Crippen molar-refractivity contribution in [3.05, 3.63) is 68.7 Å². The van der Waals surface area contributed by atoms with Gasteiger partial charge in [-0.25, -0.2) is 9.97 Å². The Kier molecular flexibility index (Phi) is 6.88. The first kappa shape index (κ1) is 27.4. The van der Waals surface area contributed by atoms with E-state index in [-0.39, 0.29) is 23.9 Å². The number of nitrogens with zero attached hydrogens (tertiary/aromatic N) is 4. The zero-order chi connectivity index (χ0) is 29.1. The number of hydrogen-bond acceptors (Lipinski definition) is 7. The van der Waals surface area contributed by atoms with Crippen molar-refractivity contribution in [3.8, 4) is 22.6 Å². The minimum atomic E-state index is -0.826. The highest BCUT2D eigenvalue weighted by Crippen LogP contribution is 2.55. The fraction of sp³-hybridized carbons (Fsp3) is 0.500. The van der Waals surface area contributed by atoms with E-state index in [0.717, 1.165) is 59.2 Å². The van der Waals surface area contributed by atoms with Crippen LogP contribution in [0.3, 0.4) is 0 Å². The molecule has 0 radical (unpaired) electrons. The van der Waals surface area contributed by atoms with E-state index in [9.17, 15) is 9.59 Å². The van der Waals surface area contributed by atoms with Gasteiger partial charge >= 0.3 is 0 Å². The van der Waals surface area contributed by atoms with E-state index in [4.69, 9.17) is 9.47 Å². The molecule has 4 heterocycles. The molecule has 9 heteroatoms. The van der Waals surface area contributed by atoms with Gasteiger partial charge in [0.2, 0.25) is 0 Å². The number of H-pyrrole nitrogens is 1. The molecule has 0 unspecified atom stereocenters. The first-order valence-corrected chi connectivity index (χ1v) is 14.5. The van der Waals surface area contributed by atoms with Gasteiger partial charge in [0.1, 0.15) is 6.33 Å². The first-order valence-electron chi connectivity index (χ1n) is 14.5. The summed E-state index contributed by atoms with van der Waals surface area (Å²) in [6.07, 6.45) is 9.86. The second-order valence-electron chi connectivity index (χ2n) is 12.2. The highest BCUT2D eigenvalue weighted by atomic mass is 16.7. The van der Waals surface area contributed by atoms with Crippen LogP contribution in [-0.2, 0) is 13.0 Å². The summed E-state index contributed by atoms with van der Waals surface area (Å²) in [7, 11) is 4.29. The van der Waals surface area contributed by atoms with E-state index in [1.54, 1.807) is 17.3 Å². The van der Waals surface area contributed by atoms with Gasteiger partial charge in [0.25, 0.3) is 17.3 Å². The lowest BCUT2D eigenvalue weighted by atomic mass is 9.81. The summed E-state index contributed by atoms with van der Waals surface area (Å²) in [6, 6.07) is 2.51. The maximum Gasteiger partial charge on any atom is 0.254 e. The van der Waals surface area contributed by atoms with Gasteiger partial charge in [0, 0.05) is 65.8 Å². The maximum absolute atomic E-state index is 14.2. The third-order valence-electron chi connectivity index (χ3n) is 9.36. The van der Waals surface area contributed by atoms with Gasteiger partial charge in [-0.05, 0) is 84.2 Å². The molecule has 0 spiro atoms. The second-order valence-corrected chi connectivity index (χ2v) is 12.2. The molecule has 216 valence electrons. The number of aryl methyl sites for hydroxylation is 2. The normalized spacial score (nSPS) is 23.7. The Hall–Kier alpha value is -3.72. The van der Waals surface area contributed by atoms with Crippen LogP contribution < -0.4 is 15.0 Å². The molecule has 41 heavy (non-hydrogen) atoms. The van der Waals surface area contributed by atoms with E-state index >= 15 is 0 Å². The number of ether oxygens (including phenoxy) is 2. The van der Waals surface area contributed by atoms with Gasteiger partial charge in [-0.15, -0.1) is 0 Å². The third kappa shape index (κ3) is 4.70. The molecule has 3 aromatic rings. The summed E-state index contributed by atoms with van der Waals surface area (Å²) < 4.78 is 13.5. The Morgan fingerprint density at radius 1 is 1.02 bits per heavy atom. The summed E-state index contributed by atoms with van der Waals surface area (Å²) >= 11 is 0. The molecule has 2 aliphatic heterocycles. The van der Waals surface area contributed by atoms with E-state index in [0.29, 0.717) is 41.6 Å². The van der Waals surface area contributed by atoms with Crippen molar-refractivity contribution < 1.29 is 14.3 Å². The molecule has 1 aliphatic carbocycles. The quantitative estimate of drug-likeness (QED) is 0.491. The largest absolute Gasteiger partial charge is 0.448 e. The first-order chi connectivity index (χ1) is 19.6. The predicted molar refractivity (Wildman–Crippen MR) is 156 cm³/mol. The zero-order valence-electron chi connectivity index (χ0n) is 24.8. The fourth-order valence-corrected chi connectivity index (χ4v) is 7.01. The highest BCUT2D eigenvalue weighted by molar-refractivity contribution is 6.02. The smallest absolute Gasteiger partial charge is 0.254 e. The summed E-state index contributed by atoms with van der Waals surface area (Å²) in [5.74, 6) is 0.603. The SMILES string of the molecule is Cc1cc(C)c(CN2CCc3c(c(C)c4c(c3-c3cncnc3)O[C@](C)([C@H]3CC[C@H](N(C)C)CC3)O4)C2=O)c(=O)[nH]1. The van der Waals surface area contributed by atoms with Crippen molar-refractivity contribution in [3.63, 3.8) is 0 Å². The van der Waals surface area contributed by atoms with Crippen LogP contribution in [0, 0.1) is 26.7 Å². The molecule has 6 rings (SSSR count). The molecule has 3 aliphatic rings. The molecule has 9 nitrogen and oxygen atoms in total. The summed E-state index contributed by atoms with van der Waals surface area (Å²) in [4.78, 5) is 42.5. The van der Waals surface area contributed by atoms with Crippen LogP contribution in [0.25, 0.3) is 11.1 Å². The van der Waals surface area contributed by atoms with E-state index in [1.165, 1.54) is 6.33 Å². The number of carbonyl (C=O) groups excluding carboxylic acids is 1. The van der Waals surface area contributed by atoms with E-state index < -0.39 is 5.79 Å². The fourth-order valence-electron chi connectivity index (χ4n) is 7.01. The number of carbonyl (C=O) groups is 1. The molecular weight excluding hydrogens is 518 g/mol. The number of amides is 1. The number of aromatic amines is 1. The average molecular weight is 558 g/mol. The number of pyridine rings is 1. The van der Waals surface area contributed by atoms with Crippen molar-refractivity contribution in [1.29, 1.82) is 0 Å². The van der Waals surface area contributed by atoms with Crippen LogP contribution in [0.5, 0.6) is 11.5 Å². The number of hydrogen-bond donors (Lipinski definition) is 1. The molecule has 1 atom stereocenters. The Morgan fingerprint density at radius 2 is 1.71 bits per heavy atom. The molecule has 0 bridgehead atoms. The number of benzene rings is 1. The standard InChI is InChI=1S/C32H39N5O4/c1-18-13-19(2)35-30(38)25(18)16-37-12-11-24-26(31(37)39)20(3)28-29(27(24)21-14-33-17-34-15-21)41-32(4,40-28)22-7-9-23(10-8-22)36(5)6/h13-15,17,22-23H,7-12,16H2,1-6H3,(H,35,38)/t22-,23-,32-/m1/s1. The summed E-state index contributed by atoms with van der Waals surface area (Å²) in [5.41, 5.74) is 6.13. The van der Waals surface area contributed by atoms with Crippen LogP contribution in [0.15, 0.2) is 29.6 Å². The Bertz CT molecular complexity index is 1560. The number of nitrogens with one attached hydrogen (secondary N) is 1. The molecular formula is C32H39N5O4. The van der Waals surface area contributed by atoms with Crippen LogP contribution in [0.1, 0.15) is 70.9 Å². The molecule has 1 N–H and O–H groups in total. The van der Waals surface area contributed by atoms with Gasteiger partial charge in [-0.1, -0.05) is 0 Å². The second kappa shape index (κ2) is 10.3. The predicted octanol–water partition coefficient (Wildman–Crippen LogP) is 4.56. The monoisotopic (exact) mass is 557 g/mol. The average Bonchev–Trinajstić information content (AvgIpc) is 3.31. The van der Waals surface area contributed by atoms with Crippen LogP contribution in [-0.4, -0.2) is 63.1 Å². The Labute approximate surface area is 240 Å². The van der Waals surface area contributed by atoms with Crippen molar-refractivity contribution in [2.75, 3.05) is 20.6 Å². The van der Waals surface area contributed by atoms with Crippen molar-refractivity contribution in [2.24, 2.45) is 5.92 Å². The molecule has 1 aromatic carbocycles. The third-order valence-corrected chi connectivity index (χ3v) is 9.36. The lowest BCUT2D eigenvalue weighted by Gasteiger charge is -2.39. The highest BCUT2D eigenvalue weighted by Gasteiger charge is 2.49. The molecule has 2 aromatic heterocycles. The Balaban J connectivity index is 1.40. The molecule has 1 saturated carbocycles. The van der Waals surface area contributed by atoms with Crippen LogP contribution >= 0.6 is 0 Å². The van der Waals surface area contributed by atoms with E-state index in [1.807, 2.05) is 33.8 Å².